The Bertz CT molecular complexity index is 1330. The van der Waals surface area contributed by atoms with Gasteiger partial charge in [-0.3, -0.25) is 9.59 Å². The molecule has 4 aromatic rings. The Morgan fingerprint density at radius 2 is 1.34 bits per heavy atom. The molecule has 4 nitrogen and oxygen atoms in total. The molecule has 0 aliphatic carbocycles. The third kappa shape index (κ3) is 4.53. The molecule has 4 aromatic carbocycles. The predicted molar refractivity (Wildman–Crippen MR) is 138 cm³/mol. The second-order valence-electron chi connectivity index (χ2n) is 8.97. The number of hydrogen-bond donors (Lipinski definition) is 1. The monoisotopic (exact) mass is 461 g/mol. The Labute approximate surface area is 205 Å². The van der Waals surface area contributed by atoms with E-state index in [0.29, 0.717) is 23.4 Å². The second-order valence-corrected chi connectivity index (χ2v) is 8.97. The van der Waals surface area contributed by atoms with E-state index in [0.717, 1.165) is 24.0 Å². The van der Waals surface area contributed by atoms with Gasteiger partial charge in [-0.25, -0.2) is 0 Å². The molecule has 1 unspecified atom stereocenters. The van der Waals surface area contributed by atoms with Crippen molar-refractivity contribution in [2.75, 3.05) is 11.4 Å². The van der Waals surface area contributed by atoms with Crippen LogP contribution in [0.3, 0.4) is 0 Å². The van der Waals surface area contributed by atoms with Crippen molar-refractivity contribution in [1.82, 2.24) is 0 Å². The van der Waals surface area contributed by atoms with Gasteiger partial charge in [-0.2, -0.15) is 0 Å². The molecule has 0 saturated carbocycles. The zero-order valence-corrected chi connectivity index (χ0v) is 19.4. The van der Waals surface area contributed by atoms with Gasteiger partial charge in [0.05, 0.1) is 12.1 Å². The number of anilines is 1. The summed E-state index contributed by atoms with van der Waals surface area (Å²) in [6.07, 6.45) is 1.30. The number of Topliss-reactive ketones (excluding diaryl/α,β-unsaturated/α-hetero) is 1. The summed E-state index contributed by atoms with van der Waals surface area (Å²) < 4.78 is 0. The Morgan fingerprint density at radius 1 is 0.743 bits per heavy atom. The summed E-state index contributed by atoms with van der Waals surface area (Å²) in [6, 6.07) is 34.6. The van der Waals surface area contributed by atoms with Gasteiger partial charge in [-0.15, -0.1) is 0 Å². The average molecular weight is 462 g/mol. The summed E-state index contributed by atoms with van der Waals surface area (Å²) in [5, 5.41) is 11.6. The van der Waals surface area contributed by atoms with E-state index in [1.54, 1.807) is 29.2 Å². The van der Waals surface area contributed by atoms with Crippen molar-refractivity contribution in [2.24, 2.45) is 0 Å². The molecule has 0 radical (unpaired) electrons. The minimum atomic E-state index is -1.86. The van der Waals surface area contributed by atoms with E-state index >= 15 is 0 Å². The van der Waals surface area contributed by atoms with Gasteiger partial charge < -0.3 is 10.0 Å². The molecule has 0 fully saturated rings. The van der Waals surface area contributed by atoms with Crippen LogP contribution >= 0.6 is 0 Å². The SMILES string of the molecule is O=C(CC1(O)C(=O)N(CCCc2ccccc2)c2ccccc21)c1ccc(-c2ccccc2)cc1. The first-order valence-corrected chi connectivity index (χ1v) is 11.9. The molecular weight excluding hydrogens is 434 g/mol. The Hall–Kier alpha value is -4.02. The van der Waals surface area contributed by atoms with Crippen LogP contribution in [0.4, 0.5) is 5.69 Å². The van der Waals surface area contributed by atoms with Crippen molar-refractivity contribution >= 4 is 17.4 Å². The number of hydrogen-bond acceptors (Lipinski definition) is 3. The Morgan fingerprint density at radius 3 is 2.06 bits per heavy atom. The highest BCUT2D eigenvalue weighted by atomic mass is 16.3. The lowest BCUT2D eigenvalue weighted by Gasteiger charge is -2.23. The highest BCUT2D eigenvalue weighted by molar-refractivity contribution is 6.10. The molecule has 1 N–H and O–H groups in total. The van der Waals surface area contributed by atoms with Gasteiger partial charge >= 0.3 is 0 Å². The highest BCUT2D eigenvalue weighted by Gasteiger charge is 2.50. The van der Waals surface area contributed by atoms with Crippen molar-refractivity contribution in [3.05, 3.63) is 126 Å². The van der Waals surface area contributed by atoms with E-state index < -0.39 is 11.5 Å². The van der Waals surface area contributed by atoms with Crippen molar-refractivity contribution in [3.8, 4) is 11.1 Å². The first-order valence-electron chi connectivity index (χ1n) is 11.9. The molecule has 1 aliphatic rings. The third-order valence-electron chi connectivity index (χ3n) is 6.66. The second kappa shape index (κ2) is 9.69. The number of benzene rings is 4. The highest BCUT2D eigenvalue weighted by Crippen LogP contribution is 2.43. The van der Waals surface area contributed by atoms with Crippen LogP contribution in [0.25, 0.3) is 11.1 Å². The molecule has 35 heavy (non-hydrogen) atoms. The van der Waals surface area contributed by atoms with Gasteiger partial charge in [0.1, 0.15) is 0 Å². The van der Waals surface area contributed by atoms with Crippen molar-refractivity contribution in [1.29, 1.82) is 0 Å². The number of aliphatic hydroxyl groups is 1. The smallest absolute Gasteiger partial charge is 0.264 e. The van der Waals surface area contributed by atoms with E-state index in [1.165, 1.54) is 5.56 Å². The summed E-state index contributed by atoms with van der Waals surface area (Å²) in [4.78, 5) is 28.3. The lowest BCUT2D eigenvalue weighted by Crippen LogP contribution is -2.42. The van der Waals surface area contributed by atoms with Crippen LogP contribution in [-0.4, -0.2) is 23.3 Å². The summed E-state index contributed by atoms with van der Waals surface area (Å²) >= 11 is 0. The molecule has 0 bridgehead atoms. The maximum atomic E-state index is 13.5. The molecule has 0 spiro atoms. The number of nitrogens with zero attached hydrogens (tertiary/aromatic N) is 1. The summed E-state index contributed by atoms with van der Waals surface area (Å²) in [6.45, 7) is 0.479. The maximum Gasteiger partial charge on any atom is 0.264 e. The standard InChI is InChI=1S/C31H27NO3/c33-29(26-19-17-25(18-20-26)24-13-5-2-6-14-24)22-31(35)27-15-7-8-16-28(27)32(30(31)34)21-9-12-23-10-3-1-4-11-23/h1-8,10-11,13-20,35H,9,12,21-22H2. The number of carbonyl (C=O) groups is 2. The van der Waals surface area contributed by atoms with Crippen LogP contribution in [-0.2, 0) is 16.8 Å². The number of ketones is 1. The van der Waals surface area contributed by atoms with Crippen LogP contribution < -0.4 is 4.90 Å². The van der Waals surface area contributed by atoms with Gasteiger partial charge in [0.15, 0.2) is 11.4 Å². The topological polar surface area (TPSA) is 57.6 Å². The van der Waals surface area contributed by atoms with E-state index in [9.17, 15) is 14.7 Å². The fourth-order valence-corrected chi connectivity index (χ4v) is 4.80. The molecule has 5 rings (SSSR count). The van der Waals surface area contributed by atoms with E-state index in [1.807, 2.05) is 72.8 Å². The number of aryl methyl sites for hydroxylation is 1. The van der Waals surface area contributed by atoms with Gasteiger partial charge in [0.2, 0.25) is 0 Å². The van der Waals surface area contributed by atoms with Crippen LogP contribution in [0.1, 0.15) is 34.3 Å². The number of para-hydroxylation sites is 1. The van der Waals surface area contributed by atoms with Crippen molar-refractivity contribution in [2.45, 2.75) is 24.9 Å². The van der Waals surface area contributed by atoms with Crippen LogP contribution in [0.2, 0.25) is 0 Å². The fraction of sp³-hybridized carbons (Fsp3) is 0.161. The Balaban J connectivity index is 1.33. The summed E-state index contributed by atoms with van der Waals surface area (Å²) in [5.74, 6) is -0.692. The predicted octanol–water partition coefficient (Wildman–Crippen LogP) is 5.79. The zero-order valence-electron chi connectivity index (χ0n) is 19.4. The molecule has 174 valence electrons. The molecule has 1 aliphatic heterocycles. The van der Waals surface area contributed by atoms with Gasteiger partial charge in [-0.1, -0.05) is 103 Å². The van der Waals surface area contributed by atoms with Gasteiger partial charge in [-0.05, 0) is 35.6 Å². The first-order chi connectivity index (χ1) is 17.1. The molecule has 0 aromatic heterocycles. The quantitative estimate of drug-likeness (QED) is 0.338. The van der Waals surface area contributed by atoms with E-state index in [4.69, 9.17) is 0 Å². The van der Waals surface area contributed by atoms with Crippen LogP contribution in [0.5, 0.6) is 0 Å². The number of carbonyl (C=O) groups excluding carboxylic acids is 2. The van der Waals surface area contributed by atoms with Crippen molar-refractivity contribution in [3.63, 3.8) is 0 Å². The minimum Gasteiger partial charge on any atom is -0.375 e. The van der Waals surface area contributed by atoms with E-state index in [2.05, 4.69) is 12.1 Å². The summed E-state index contributed by atoms with van der Waals surface area (Å²) in [7, 11) is 0. The molecular formula is C31H27NO3. The summed E-state index contributed by atoms with van der Waals surface area (Å²) in [5.41, 5.74) is 3.07. The zero-order chi connectivity index (χ0) is 24.3. The lowest BCUT2D eigenvalue weighted by atomic mass is 9.88. The van der Waals surface area contributed by atoms with Crippen LogP contribution in [0.15, 0.2) is 109 Å². The molecule has 1 amide bonds. The Kier molecular flexibility index (Phi) is 6.30. The van der Waals surface area contributed by atoms with Crippen molar-refractivity contribution < 1.29 is 14.7 Å². The largest absolute Gasteiger partial charge is 0.375 e. The maximum absolute atomic E-state index is 13.5. The fourth-order valence-electron chi connectivity index (χ4n) is 4.80. The van der Waals surface area contributed by atoms with Crippen LogP contribution in [0, 0.1) is 0 Å². The minimum absolute atomic E-state index is 0.263. The lowest BCUT2D eigenvalue weighted by molar-refractivity contribution is -0.135. The molecule has 1 atom stereocenters. The molecule has 0 saturated heterocycles. The third-order valence-corrected chi connectivity index (χ3v) is 6.66. The number of rotatable bonds is 8. The van der Waals surface area contributed by atoms with E-state index in [-0.39, 0.29) is 12.2 Å². The van der Waals surface area contributed by atoms with Gasteiger partial charge in [0, 0.05) is 17.7 Å². The first kappa shape index (κ1) is 22.8. The number of fused-ring (bicyclic) bond motifs is 1. The average Bonchev–Trinajstić information content (AvgIpc) is 3.11. The molecule has 1 heterocycles. The van der Waals surface area contributed by atoms with Gasteiger partial charge in [0.25, 0.3) is 5.91 Å². The normalized spacial score (nSPS) is 16.8. The molecule has 4 heteroatoms. The number of amides is 1.